The highest BCUT2D eigenvalue weighted by atomic mass is 19.4. The van der Waals surface area contributed by atoms with E-state index in [1.807, 2.05) is 0 Å². The smallest absolute Gasteiger partial charge is 0.404 e. The lowest BCUT2D eigenvalue weighted by Crippen LogP contribution is -2.35. The molecule has 1 aliphatic heterocycles. The van der Waals surface area contributed by atoms with Crippen LogP contribution in [-0.2, 0) is 14.3 Å². The van der Waals surface area contributed by atoms with Crippen molar-refractivity contribution in [3.05, 3.63) is 0 Å². The maximum Gasteiger partial charge on any atom is 0.404 e. The molecule has 0 aromatic rings. The van der Waals surface area contributed by atoms with E-state index in [1.165, 1.54) is 0 Å². The molecule has 1 N–H and O–H groups in total. The van der Waals surface area contributed by atoms with E-state index in [0.717, 1.165) is 0 Å². The number of rotatable bonds is 4. The van der Waals surface area contributed by atoms with Gasteiger partial charge in [-0.05, 0) is 6.42 Å². The molecule has 2 atom stereocenters. The highest BCUT2D eigenvalue weighted by molar-refractivity contribution is 5.71. The van der Waals surface area contributed by atoms with Crippen molar-refractivity contribution < 1.29 is 32.5 Å². The largest absolute Gasteiger partial charge is 0.481 e. The Morgan fingerprint density at radius 2 is 2.27 bits per heavy atom. The van der Waals surface area contributed by atoms with Crippen molar-refractivity contribution in [1.82, 2.24) is 0 Å². The monoisotopic (exact) mass is 228 g/mol. The number of carbonyl (C=O) groups is 1. The molecule has 1 rings (SSSR count). The molecule has 1 saturated heterocycles. The van der Waals surface area contributed by atoms with Gasteiger partial charge in [-0.2, -0.15) is 13.2 Å². The van der Waals surface area contributed by atoms with Crippen molar-refractivity contribution in [3.8, 4) is 0 Å². The molecule has 0 spiro atoms. The third-order valence-electron chi connectivity index (χ3n) is 2.08. The lowest BCUT2D eigenvalue weighted by molar-refractivity contribution is -0.205. The Morgan fingerprint density at radius 3 is 2.67 bits per heavy atom. The van der Waals surface area contributed by atoms with E-state index < -0.39 is 30.8 Å². The Morgan fingerprint density at radius 1 is 1.60 bits per heavy atom. The Bertz CT molecular complexity index is 222. The Balaban J connectivity index is 2.41. The first-order valence-corrected chi connectivity index (χ1v) is 4.40. The van der Waals surface area contributed by atoms with Crippen molar-refractivity contribution in [1.29, 1.82) is 0 Å². The highest BCUT2D eigenvalue weighted by Gasteiger charge is 2.45. The van der Waals surface area contributed by atoms with Crippen LogP contribution < -0.4 is 0 Å². The Labute approximate surface area is 84.0 Å². The van der Waals surface area contributed by atoms with Gasteiger partial charge in [0.2, 0.25) is 0 Å². The summed E-state index contributed by atoms with van der Waals surface area (Å²) in [6.07, 6.45) is -4.69. The molecule has 88 valence electrons. The van der Waals surface area contributed by atoms with Crippen LogP contribution in [0.1, 0.15) is 6.42 Å². The molecule has 1 aliphatic rings. The zero-order valence-corrected chi connectivity index (χ0v) is 7.79. The quantitative estimate of drug-likeness (QED) is 0.781. The molecule has 0 saturated carbocycles. The average Bonchev–Trinajstić information content (AvgIpc) is 2.53. The number of ether oxygens (including phenoxy) is 2. The van der Waals surface area contributed by atoms with Crippen LogP contribution in [0.2, 0.25) is 0 Å². The van der Waals surface area contributed by atoms with Crippen molar-refractivity contribution in [2.45, 2.75) is 18.7 Å². The molecule has 0 radical (unpaired) electrons. The number of hydrogen-bond donors (Lipinski definition) is 1. The number of carboxylic acids is 1. The van der Waals surface area contributed by atoms with Crippen LogP contribution in [0, 0.1) is 5.92 Å². The van der Waals surface area contributed by atoms with Gasteiger partial charge in [-0.3, -0.25) is 4.79 Å². The van der Waals surface area contributed by atoms with Gasteiger partial charge in [0.15, 0.2) is 5.92 Å². The SMILES string of the molecule is O=C(O)C(COC1CCOC1)C(F)(F)F. The number of hydrogen-bond acceptors (Lipinski definition) is 3. The van der Waals surface area contributed by atoms with Gasteiger partial charge in [-0.1, -0.05) is 0 Å². The number of carboxylic acid groups (broad SMARTS) is 1. The summed E-state index contributed by atoms with van der Waals surface area (Å²) in [6, 6.07) is 0. The molecule has 0 bridgehead atoms. The predicted molar refractivity (Wildman–Crippen MR) is 42.4 cm³/mol. The molecule has 4 nitrogen and oxygen atoms in total. The van der Waals surface area contributed by atoms with Gasteiger partial charge < -0.3 is 14.6 Å². The first kappa shape index (κ1) is 12.3. The molecule has 7 heteroatoms. The minimum atomic E-state index is -4.77. The standard InChI is InChI=1S/C8H11F3O4/c9-8(10,11)6(7(12)13)4-15-5-1-2-14-3-5/h5-6H,1-4H2,(H,12,13). The van der Waals surface area contributed by atoms with Crippen LogP contribution in [0.25, 0.3) is 0 Å². The highest BCUT2D eigenvalue weighted by Crippen LogP contribution is 2.27. The van der Waals surface area contributed by atoms with Gasteiger partial charge in [0.1, 0.15) is 0 Å². The molecule has 1 fully saturated rings. The molecular weight excluding hydrogens is 217 g/mol. The fourth-order valence-corrected chi connectivity index (χ4v) is 1.18. The first-order chi connectivity index (χ1) is 6.91. The van der Waals surface area contributed by atoms with Crippen LogP contribution >= 0.6 is 0 Å². The summed E-state index contributed by atoms with van der Waals surface area (Å²) in [6.45, 7) is -0.189. The normalized spacial score (nSPS) is 24.1. The van der Waals surface area contributed by atoms with Crippen molar-refractivity contribution in [3.63, 3.8) is 0 Å². The summed E-state index contributed by atoms with van der Waals surface area (Å²) in [5.41, 5.74) is 0. The van der Waals surface area contributed by atoms with E-state index in [0.29, 0.717) is 13.0 Å². The molecule has 0 aliphatic carbocycles. The van der Waals surface area contributed by atoms with Gasteiger partial charge in [0.25, 0.3) is 0 Å². The van der Waals surface area contributed by atoms with E-state index >= 15 is 0 Å². The lowest BCUT2D eigenvalue weighted by Gasteiger charge is -2.18. The molecule has 0 aromatic heterocycles. The van der Waals surface area contributed by atoms with Crippen LogP contribution in [-0.4, -0.2) is 43.2 Å². The molecule has 2 unspecified atom stereocenters. The summed E-state index contributed by atoms with van der Waals surface area (Å²) in [4.78, 5) is 10.3. The number of alkyl halides is 3. The Hall–Kier alpha value is -0.820. The maximum absolute atomic E-state index is 12.2. The van der Waals surface area contributed by atoms with Crippen molar-refractivity contribution in [2.75, 3.05) is 19.8 Å². The third kappa shape index (κ3) is 3.67. The second kappa shape index (κ2) is 4.80. The van der Waals surface area contributed by atoms with Crippen molar-refractivity contribution in [2.24, 2.45) is 5.92 Å². The summed E-state index contributed by atoms with van der Waals surface area (Å²) in [5, 5.41) is 8.35. The fraction of sp³-hybridized carbons (Fsp3) is 0.875. The summed E-state index contributed by atoms with van der Waals surface area (Å²) in [7, 11) is 0. The van der Waals surface area contributed by atoms with E-state index in [-0.39, 0.29) is 6.61 Å². The predicted octanol–water partition coefficient (Wildman–Crippen LogP) is 1.05. The zero-order chi connectivity index (χ0) is 11.5. The molecule has 0 amide bonds. The minimum Gasteiger partial charge on any atom is -0.481 e. The second-order valence-corrected chi connectivity index (χ2v) is 3.25. The fourth-order valence-electron chi connectivity index (χ4n) is 1.18. The van der Waals surface area contributed by atoms with Gasteiger partial charge in [0.05, 0.1) is 19.3 Å². The molecule has 15 heavy (non-hydrogen) atoms. The van der Waals surface area contributed by atoms with Crippen LogP contribution in [0.4, 0.5) is 13.2 Å². The summed E-state index contributed by atoms with van der Waals surface area (Å²) in [5.74, 6) is -4.38. The number of halogens is 3. The maximum atomic E-state index is 12.2. The first-order valence-electron chi connectivity index (χ1n) is 4.40. The van der Waals surface area contributed by atoms with Gasteiger partial charge in [-0.25, -0.2) is 0 Å². The molecule has 0 aromatic carbocycles. The summed E-state index contributed by atoms with van der Waals surface area (Å²) < 4.78 is 46.2. The Kier molecular flexibility index (Phi) is 3.92. The third-order valence-corrected chi connectivity index (χ3v) is 2.08. The average molecular weight is 228 g/mol. The van der Waals surface area contributed by atoms with Gasteiger partial charge >= 0.3 is 12.1 Å². The lowest BCUT2D eigenvalue weighted by atomic mass is 10.1. The molecular formula is C8H11F3O4. The van der Waals surface area contributed by atoms with Crippen LogP contribution in [0.15, 0.2) is 0 Å². The molecule has 1 heterocycles. The van der Waals surface area contributed by atoms with E-state index in [2.05, 4.69) is 0 Å². The number of aliphatic carboxylic acids is 1. The minimum absolute atomic E-state index is 0.226. The summed E-state index contributed by atoms with van der Waals surface area (Å²) >= 11 is 0. The van der Waals surface area contributed by atoms with Crippen molar-refractivity contribution >= 4 is 5.97 Å². The van der Waals surface area contributed by atoms with Gasteiger partial charge in [0, 0.05) is 6.61 Å². The topological polar surface area (TPSA) is 55.8 Å². The van der Waals surface area contributed by atoms with Crippen LogP contribution in [0.5, 0.6) is 0 Å². The second-order valence-electron chi connectivity index (χ2n) is 3.25. The van der Waals surface area contributed by atoms with E-state index in [1.54, 1.807) is 0 Å². The van der Waals surface area contributed by atoms with Crippen LogP contribution in [0.3, 0.4) is 0 Å². The van der Waals surface area contributed by atoms with E-state index in [4.69, 9.17) is 14.6 Å². The van der Waals surface area contributed by atoms with Gasteiger partial charge in [-0.15, -0.1) is 0 Å². The zero-order valence-electron chi connectivity index (χ0n) is 7.79. The van der Waals surface area contributed by atoms with E-state index in [9.17, 15) is 18.0 Å².